The minimum absolute atomic E-state index is 0.0120. The summed E-state index contributed by atoms with van der Waals surface area (Å²) in [5.74, 6) is -1.58. The third-order valence-electron chi connectivity index (χ3n) is 3.49. The molecular formula is C18H19NO4. The summed E-state index contributed by atoms with van der Waals surface area (Å²) in [7, 11) is 0. The van der Waals surface area contributed by atoms with Crippen LogP contribution in [0.3, 0.4) is 0 Å². The highest BCUT2D eigenvalue weighted by Crippen LogP contribution is 2.16. The van der Waals surface area contributed by atoms with E-state index in [9.17, 15) is 14.7 Å². The Morgan fingerprint density at radius 3 is 2.35 bits per heavy atom. The smallest absolute Gasteiger partial charge is 0.336 e. The normalized spacial score (nSPS) is 10.3. The van der Waals surface area contributed by atoms with Gasteiger partial charge in [0.1, 0.15) is 0 Å². The highest BCUT2D eigenvalue weighted by molar-refractivity contribution is 6.10. The predicted octanol–water partition coefficient (Wildman–Crippen LogP) is 2.87. The van der Waals surface area contributed by atoms with Crippen LogP contribution in [0.2, 0.25) is 0 Å². The number of carboxylic acids is 1. The monoisotopic (exact) mass is 313 g/mol. The number of anilines is 1. The van der Waals surface area contributed by atoms with Crippen LogP contribution >= 0.6 is 0 Å². The van der Waals surface area contributed by atoms with E-state index in [-0.39, 0.29) is 17.7 Å². The summed E-state index contributed by atoms with van der Waals surface area (Å²) in [6.45, 7) is 1.92. The van der Waals surface area contributed by atoms with Gasteiger partial charge in [-0.3, -0.25) is 4.79 Å². The van der Waals surface area contributed by atoms with Crippen LogP contribution in [0.4, 0.5) is 5.69 Å². The standard InChI is InChI=1S/C18H19NO4/c1-12-4-9-15(16(11-12)18(22)23)17(21)19-14-7-5-13(6-8-14)3-2-10-20/h4-9,11,20H,2-3,10H2,1H3,(H,19,21)(H,22,23). The molecule has 120 valence electrons. The number of amides is 1. The van der Waals surface area contributed by atoms with Crippen molar-refractivity contribution in [3.8, 4) is 0 Å². The third-order valence-corrected chi connectivity index (χ3v) is 3.49. The lowest BCUT2D eigenvalue weighted by atomic mass is 10.0. The van der Waals surface area contributed by atoms with Gasteiger partial charge in [-0.25, -0.2) is 4.79 Å². The highest BCUT2D eigenvalue weighted by atomic mass is 16.4. The van der Waals surface area contributed by atoms with Crippen molar-refractivity contribution in [3.05, 3.63) is 64.7 Å². The number of benzene rings is 2. The largest absolute Gasteiger partial charge is 0.478 e. The molecule has 0 aliphatic rings. The molecule has 23 heavy (non-hydrogen) atoms. The van der Waals surface area contributed by atoms with Crippen molar-refractivity contribution in [2.45, 2.75) is 19.8 Å². The van der Waals surface area contributed by atoms with Gasteiger partial charge in [-0.1, -0.05) is 23.8 Å². The second-order valence-electron chi connectivity index (χ2n) is 5.33. The molecule has 2 rings (SSSR count). The Bertz CT molecular complexity index is 707. The van der Waals surface area contributed by atoms with E-state index in [1.54, 1.807) is 25.1 Å². The number of carbonyl (C=O) groups is 2. The van der Waals surface area contributed by atoms with Crippen molar-refractivity contribution in [2.75, 3.05) is 11.9 Å². The van der Waals surface area contributed by atoms with E-state index in [0.717, 1.165) is 17.5 Å². The average Bonchev–Trinajstić information content (AvgIpc) is 2.54. The number of aromatic carboxylic acids is 1. The highest BCUT2D eigenvalue weighted by Gasteiger charge is 2.16. The number of aliphatic hydroxyl groups is 1. The molecule has 0 saturated heterocycles. The van der Waals surface area contributed by atoms with E-state index in [2.05, 4.69) is 5.32 Å². The first-order valence-electron chi connectivity index (χ1n) is 7.36. The molecule has 2 aromatic carbocycles. The van der Waals surface area contributed by atoms with E-state index < -0.39 is 11.9 Å². The quantitative estimate of drug-likeness (QED) is 0.765. The van der Waals surface area contributed by atoms with Crippen molar-refractivity contribution in [1.82, 2.24) is 0 Å². The summed E-state index contributed by atoms with van der Waals surface area (Å²) >= 11 is 0. The van der Waals surface area contributed by atoms with Crippen LogP contribution in [0.25, 0.3) is 0 Å². The first kappa shape index (κ1) is 16.7. The average molecular weight is 313 g/mol. The van der Waals surface area contributed by atoms with Crippen molar-refractivity contribution in [2.24, 2.45) is 0 Å². The molecular weight excluding hydrogens is 294 g/mol. The molecule has 0 heterocycles. The number of hydrogen-bond donors (Lipinski definition) is 3. The van der Waals surface area contributed by atoms with E-state index in [0.29, 0.717) is 12.1 Å². The molecule has 0 unspecified atom stereocenters. The first-order chi connectivity index (χ1) is 11.0. The molecule has 2 aromatic rings. The van der Waals surface area contributed by atoms with Crippen LogP contribution in [0.15, 0.2) is 42.5 Å². The van der Waals surface area contributed by atoms with Gasteiger partial charge >= 0.3 is 5.97 Å². The number of aliphatic hydroxyl groups excluding tert-OH is 1. The summed E-state index contributed by atoms with van der Waals surface area (Å²) in [6.07, 6.45) is 1.46. The topological polar surface area (TPSA) is 86.6 Å². The lowest BCUT2D eigenvalue weighted by Crippen LogP contribution is -2.16. The Labute approximate surface area is 134 Å². The van der Waals surface area contributed by atoms with E-state index in [1.807, 2.05) is 12.1 Å². The number of nitrogens with one attached hydrogen (secondary N) is 1. The molecule has 5 heteroatoms. The van der Waals surface area contributed by atoms with Crippen LogP contribution in [0.5, 0.6) is 0 Å². The fourth-order valence-corrected chi connectivity index (χ4v) is 2.27. The second kappa shape index (κ2) is 7.56. The van der Waals surface area contributed by atoms with Gasteiger partial charge in [0.05, 0.1) is 11.1 Å². The first-order valence-corrected chi connectivity index (χ1v) is 7.36. The van der Waals surface area contributed by atoms with Crippen molar-refractivity contribution in [1.29, 1.82) is 0 Å². The second-order valence-corrected chi connectivity index (χ2v) is 5.33. The minimum atomic E-state index is -1.13. The Morgan fingerprint density at radius 2 is 1.74 bits per heavy atom. The van der Waals surface area contributed by atoms with Crippen LogP contribution in [-0.4, -0.2) is 28.7 Å². The summed E-state index contributed by atoms with van der Waals surface area (Å²) in [4.78, 5) is 23.6. The van der Waals surface area contributed by atoms with Gasteiger partial charge in [-0.2, -0.15) is 0 Å². The molecule has 0 spiro atoms. The summed E-state index contributed by atoms with van der Waals surface area (Å²) in [5, 5.41) is 20.7. The Hall–Kier alpha value is -2.66. The third kappa shape index (κ3) is 4.40. The zero-order valence-corrected chi connectivity index (χ0v) is 12.9. The number of aryl methyl sites for hydroxylation is 2. The summed E-state index contributed by atoms with van der Waals surface area (Å²) in [6, 6.07) is 12.0. The SMILES string of the molecule is Cc1ccc(C(=O)Nc2ccc(CCCO)cc2)c(C(=O)O)c1. The van der Waals surface area contributed by atoms with Gasteiger partial charge in [0, 0.05) is 12.3 Å². The van der Waals surface area contributed by atoms with Gasteiger partial charge in [0.25, 0.3) is 5.91 Å². The van der Waals surface area contributed by atoms with Crippen LogP contribution in [-0.2, 0) is 6.42 Å². The number of rotatable bonds is 6. The van der Waals surface area contributed by atoms with Crippen LogP contribution in [0.1, 0.15) is 38.3 Å². The molecule has 3 N–H and O–H groups in total. The Kier molecular flexibility index (Phi) is 5.49. The maximum Gasteiger partial charge on any atom is 0.336 e. The molecule has 0 radical (unpaired) electrons. The van der Waals surface area contributed by atoms with Gasteiger partial charge in [-0.15, -0.1) is 0 Å². The molecule has 0 aromatic heterocycles. The Morgan fingerprint density at radius 1 is 1.04 bits per heavy atom. The van der Waals surface area contributed by atoms with Gasteiger partial charge in [0.15, 0.2) is 0 Å². The van der Waals surface area contributed by atoms with Crippen LogP contribution < -0.4 is 5.32 Å². The van der Waals surface area contributed by atoms with Crippen molar-refractivity contribution < 1.29 is 19.8 Å². The van der Waals surface area contributed by atoms with E-state index in [4.69, 9.17) is 5.11 Å². The molecule has 0 aliphatic carbocycles. The lowest BCUT2D eigenvalue weighted by molar-refractivity contribution is 0.0692. The maximum absolute atomic E-state index is 12.3. The van der Waals surface area contributed by atoms with Crippen molar-refractivity contribution in [3.63, 3.8) is 0 Å². The molecule has 0 atom stereocenters. The van der Waals surface area contributed by atoms with Crippen molar-refractivity contribution >= 4 is 17.6 Å². The fourth-order valence-electron chi connectivity index (χ4n) is 2.27. The van der Waals surface area contributed by atoms with E-state index in [1.165, 1.54) is 12.1 Å². The molecule has 0 bridgehead atoms. The minimum Gasteiger partial charge on any atom is -0.478 e. The lowest BCUT2D eigenvalue weighted by Gasteiger charge is -2.09. The van der Waals surface area contributed by atoms with Gasteiger partial charge < -0.3 is 15.5 Å². The number of carboxylic acid groups (broad SMARTS) is 1. The number of carbonyl (C=O) groups excluding carboxylic acids is 1. The number of hydrogen-bond acceptors (Lipinski definition) is 3. The fraction of sp³-hybridized carbons (Fsp3) is 0.222. The van der Waals surface area contributed by atoms with Crippen LogP contribution in [0, 0.1) is 6.92 Å². The van der Waals surface area contributed by atoms with E-state index >= 15 is 0 Å². The molecule has 0 saturated carbocycles. The summed E-state index contributed by atoms with van der Waals surface area (Å²) < 4.78 is 0. The Balaban J connectivity index is 2.14. The predicted molar refractivity (Wildman–Crippen MR) is 87.9 cm³/mol. The molecule has 0 fully saturated rings. The molecule has 5 nitrogen and oxygen atoms in total. The maximum atomic E-state index is 12.3. The summed E-state index contributed by atoms with van der Waals surface area (Å²) in [5.41, 5.74) is 2.57. The van der Waals surface area contributed by atoms with Gasteiger partial charge in [0.2, 0.25) is 0 Å². The zero-order chi connectivity index (χ0) is 16.8. The van der Waals surface area contributed by atoms with Gasteiger partial charge in [-0.05, 0) is 49.6 Å². The zero-order valence-electron chi connectivity index (χ0n) is 12.9. The molecule has 0 aliphatic heterocycles. The molecule has 1 amide bonds.